The summed E-state index contributed by atoms with van der Waals surface area (Å²) in [6.45, 7) is 7.54. The SMILES string of the molecule is CCN(CC)CCN(C(=O)c1cccc(OC)c1)c1nc2ccc(Br)cc2s1. The molecule has 1 amide bonds. The average molecular weight is 462 g/mol. The number of halogens is 1. The first-order chi connectivity index (χ1) is 13.5. The van der Waals surface area contributed by atoms with Crippen LogP contribution in [0.15, 0.2) is 46.9 Å². The van der Waals surface area contributed by atoms with Gasteiger partial charge in [0.15, 0.2) is 5.13 Å². The van der Waals surface area contributed by atoms with Gasteiger partial charge in [0, 0.05) is 23.1 Å². The molecule has 0 aliphatic rings. The zero-order valence-electron chi connectivity index (χ0n) is 16.3. The summed E-state index contributed by atoms with van der Waals surface area (Å²) in [7, 11) is 1.60. The number of carbonyl (C=O) groups is 1. The first-order valence-corrected chi connectivity index (χ1v) is 10.9. The normalized spacial score (nSPS) is 11.2. The van der Waals surface area contributed by atoms with Crippen LogP contribution in [0, 0.1) is 0 Å². The molecule has 0 saturated carbocycles. The highest BCUT2D eigenvalue weighted by Gasteiger charge is 2.22. The third-order valence-electron chi connectivity index (χ3n) is 4.67. The van der Waals surface area contributed by atoms with Gasteiger partial charge in [-0.25, -0.2) is 4.98 Å². The minimum absolute atomic E-state index is 0.0656. The van der Waals surface area contributed by atoms with Crippen LogP contribution in [0.3, 0.4) is 0 Å². The van der Waals surface area contributed by atoms with E-state index in [0.29, 0.717) is 23.0 Å². The second kappa shape index (κ2) is 9.49. The van der Waals surface area contributed by atoms with Crippen molar-refractivity contribution in [1.29, 1.82) is 0 Å². The third-order valence-corrected chi connectivity index (χ3v) is 6.20. The first-order valence-electron chi connectivity index (χ1n) is 9.30. The number of methoxy groups -OCH3 is 1. The van der Waals surface area contributed by atoms with E-state index >= 15 is 0 Å². The molecule has 3 aromatic rings. The van der Waals surface area contributed by atoms with E-state index < -0.39 is 0 Å². The number of fused-ring (bicyclic) bond motifs is 1. The summed E-state index contributed by atoms with van der Waals surface area (Å²) in [5.41, 5.74) is 1.49. The number of nitrogens with zero attached hydrogens (tertiary/aromatic N) is 3. The second-order valence-electron chi connectivity index (χ2n) is 6.32. The molecule has 7 heteroatoms. The van der Waals surface area contributed by atoms with Crippen molar-refractivity contribution in [2.75, 3.05) is 38.2 Å². The predicted octanol–water partition coefficient (Wildman–Crippen LogP) is 5.06. The summed E-state index contributed by atoms with van der Waals surface area (Å²) in [4.78, 5) is 22.2. The van der Waals surface area contributed by atoms with Crippen LogP contribution in [0.25, 0.3) is 10.2 Å². The highest BCUT2D eigenvalue weighted by molar-refractivity contribution is 9.10. The van der Waals surface area contributed by atoms with Crippen molar-refractivity contribution >= 4 is 48.5 Å². The Labute approximate surface area is 178 Å². The van der Waals surface area contributed by atoms with Crippen molar-refractivity contribution in [3.05, 3.63) is 52.5 Å². The van der Waals surface area contributed by atoms with Gasteiger partial charge in [0.05, 0.1) is 17.3 Å². The van der Waals surface area contributed by atoms with Gasteiger partial charge in [-0.1, -0.05) is 47.2 Å². The minimum atomic E-state index is -0.0656. The number of carbonyl (C=O) groups excluding carboxylic acids is 1. The Bertz CT molecular complexity index is 956. The molecule has 28 heavy (non-hydrogen) atoms. The largest absolute Gasteiger partial charge is 0.497 e. The summed E-state index contributed by atoms with van der Waals surface area (Å²) < 4.78 is 7.34. The van der Waals surface area contributed by atoms with Gasteiger partial charge in [0.2, 0.25) is 0 Å². The topological polar surface area (TPSA) is 45.7 Å². The van der Waals surface area contributed by atoms with Crippen molar-refractivity contribution in [2.24, 2.45) is 0 Å². The molecule has 0 aliphatic heterocycles. The molecule has 5 nitrogen and oxygen atoms in total. The Balaban J connectivity index is 1.96. The van der Waals surface area contributed by atoms with Crippen molar-refractivity contribution in [1.82, 2.24) is 9.88 Å². The lowest BCUT2D eigenvalue weighted by atomic mass is 10.2. The van der Waals surface area contributed by atoms with E-state index in [-0.39, 0.29) is 5.91 Å². The maximum atomic E-state index is 13.4. The number of aromatic nitrogens is 1. The van der Waals surface area contributed by atoms with Crippen LogP contribution in [0.2, 0.25) is 0 Å². The molecule has 0 unspecified atom stereocenters. The van der Waals surface area contributed by atoms with E-state index in [0.717, 1.165) is 34.3 Å². The minimum Gasteiger partial charge on any atom is -0.497 e. The van der Waals surface area contributed by atoms with Gasteiger partial charge < -0.3 is 9.64 Å². The van der Waals surface area contributed by atoms with Crippen molar-refractivity contribution in [3.63, 3.8) is 0 Å². The van der Waals surface area contributed by atoms with Crippen molar-refractivity contribution in [2.45, 2.75) is 13.8 Å². The van der Waals surface area contributed by atoms with Gasteiger partial charge in [-0.15, -0.1) is 0 Å². The lowest BCUT2D eigenvalue weighted by Crippen LogP contribution is -2.38. The first kappa shape index (κ1) is 20.8. The number of benzene rings is 2. The smallest absolute Gasteiger partial charge is 0.260 e. The zero-order valence-corrected chi connectivity index (χ0v) is 18.7. The monoisotopic (exact) mass is 461 g/mol. The number of hydrogen-bond acceptors (Lipinski definition) is 5. The van der Waals surface area contributed by atoms with Crippen LogP contribution in [0.5, 0.6) is 5.75 Å². The Morgan fingerprint density at radius 3 is 2.64 bits per heavy atom. The van der Waals surface area contributed by atoms with Crippen LogP contribution in [-0.4, -0.2) is 49.1 Å². The molecule has 3 rings (SSSR count). The van der Waals surface area contributed by atoms with Gasteiger partial charge in [-0.3, -0.25) is 9.69 Å². The van der Waals surface area contributed by atoms with Crippen molar-refractivity contribution < 1.29 is 9.53 Å². The molecular weight excluding hydrogens is 438 g/mol. The molecule has 0 saturated heterocycles. The fourth-order valence-electron chi connectivity index (χ4n) is 2.98. The molecule has 0 spiro atoms. The molecule has 0 aliphatic carbocycles. The third kappa shape index (κ3) is 4.71. The van der Waals surface area contributed by atoms with Gasteiger partial charge in [-0.2, -0.15) is 0 Å². The van der Waals surface area contributed by atoms with Crippen molar-refractivity contribution in [3.8, 4) is 5.75 Å². The zero-order chi connectivity index (χ0) is 20.1. The number of thiazole rings is 1. The molecule has 0 N–H and O–H groups in total. The number of likely N-dealkylation sites (N-methyl/N-ethyl adjacent to an activating group) is 1. The van der Waals surface area contributed by atoms with Crippen LogP contribution in [0.4, 0.5) is 5.13 Å². The number of hydrogen-bond donors (Lipinski definition) is 0. The molecular formula is C21H24BrN3O2S. The molecule has 1 heterocycles. The van der Waals surface area contributed by atoms with Crippen LogP contribution < -0.4 is 9.64 Å². The maximum Gasteiger partial charge on any atom is 0.260 e. The van der Waals surface area contributed by atoms with Gasteiger partial charge in [0.1, 0.15) is 5.75 Å². The van der Waals surface area contributed by atoms with Gasteiger partial charge in [0.25, 0.3) is 5.91 Å². The van der Waals surface area contributed by atoms with E-state index in [1.54, 1.807) is 18.1 Å². The molecule has 2 aromatic carbocycles. The summed E-state index contributed by atoms with van der Waals surface area (Å²) in [6, 6.07) is 13.2. The maximum absolute atomic E-state index is 13.4. The molecule has 0 fully saturated rings. The standard InChI is InChI=1S/C21H24BrN3O2S/c1-4-24(5-2)11-12-25(20(26)15-7-6-8-17(13-15)27-3)21-23-18-10-9-16(22)14-19(18)28-21/h6-10,13-14H,4-5,11-12H2,1-3H3. The van der Waals surface area contributed by atoms with E-state index in [9.17, 15) is 4.79 Å². The fourth-order valence-corrected chi connectivity index (χ4v) is 4.52. The Kier molecular flexibility index (Phi) is 7.04. The van der Waals surface area contributed by atoms with E-state index in [2.05, 4.69) is 34.7 Å². The van der Waals surface area contributed by atoms with E-state index in [4.69, 9.17) is 9.72 Å². The summed E-state index contributed by atoms with van der Waals surface area (Å²) in [5.74, 6) is 0.604. The molecule has 0 bridgehead atoms. The summed E-state index contributed by atoms with van der Waals surface area (Å²) >= 11 is 5.04. The highest BCUT2D eigenvalue weighted by Crippen LogP contribution is 2.32. The number of rotatable bonds is 8. The fraction of sp³-hybridized carbons (Fsp3) is 0.333. The van der Waals surface area contributed by atoms with Crippen LogP contribution in [0.1, 0.15) is 24.2 Å². The van der Waals surface area contributed by atoms with E-state index in [1.165, 1.54) is 11.3 Å². The van der Waals surface area contributed by atoms with E-state index in [1.807, 2.05) is 36.4 Å². The lowest BCUT2D eigenvalue weighted by molar-refractivity contribution is 0.0983. The molecule has 0 radical (unpaired) electrons. The number of ether oxygens (including phenoxy) is 1. The molecule has 0 atom stereocenters. The lowest BCUT2D eigenvalue weighted by Gasteiger charge is -2.24. The number of amides is 1. The second-order valence-corrected chi connectivity index (χ2v) is 8.25. The number of anilines is 1. The van der Waals surface area contributed by atoms with Gasteiger partial charge >= 0.3 is 0 Å². The molecule has 1 aromatic heterocycles. The Hall–Kier alpha value is -1.96. The van der Waals surface area contributed by atoms with Gasteiger partial charge in [-0.05, 0) is 49.5 Å². The van der Waals surface area contributed by atoms with Crippen LogP contribution >= 0.6 is 27.3 Å². The predicted molar refractivity (Wildman–Crippen MR) is 120 cm³/mol. The van der Waals surface area contributed by atoms with Crippen LogP contribution in [-0.2, 0) is 0 Å². The highest BCUT2D eigenvalue weighted by atomic mass is 79.9. The quantitative estimate of drug-likeness (QED) is 0.470. The summed E-state index contributed by atoms with van der Waals surface area (Å²) in [5, 5.41) is 0.716. The Morgan fingerprint density at radius 2 is 1.93 bits per heavy atom. The Morgan fingerprint density at radius 1 is 1.14 bits per heavy atom. The average Bonchev–Trinajstić information content (AvgIpc) is 3.13. The molecule has 148 valence electrons. The summed E-state index contributed by atoms with van der Waals surface area (Å²) in [6.07, 6.45) is 0.